The fourth-order valence-corrected chi connectivity index (χ4v) is 4.30. The van der Waals surface area contributed by atoms with E-state index < -0.39 is 8.80 Å². The van der Waals surface area contributed by atoms with Gasteiger partial charge in [0.05, 0.1) is 5.67 Å². The lowest BCUT2D eigenvalue weighted by Crippen LogP contribution is -2.57. The van der Waals surface area contributed by atoms with E-state index >= 15 is 0 Å². The molecule has 1 aromatic rings. The lowest BCUT2D eigenvalue weighted by atomic mass is 10.2. The normalized spacial score (nSPS) is 13.1. The van der Waals surface area contributed by atoms with Crippen LogP contribution in [0.3, 0.4) is 0 Å². The van der Waals surface area contributed by atoms with Gasteiger partial charge in [-0.3, -0.25) is 0 Å². The predicted octanol–water partition coefficient (Wildman–Crippen LogP) is 2.94. The van der Waals surface area contributed by atoms with E-state index in [2.05, 4.69) is 18.8 Å². The van der Waals surface area contributed by atoms with E-state index in [1.54, 1.807) is 21.3 Å². The second kappa shape index (κ2) is 7.45. The molecule has 0 fully saturated rings. The number of benzene rings is 1. The monoisotopic (exact) mass is 281 g/mol. The Balaban J connectivity index is 3.01. The van der Waals surface area contributed by atoms with Gasteiger partial charge in [0.15, 0.2) is 0 Å². The Kier molecular flexibility index (Phi) is 6.24. The smallest absolute Gasteiger partial charge is 0.377 e. The number of nitrogens with one attached hydrogen (secondary N) is 1. The van der Waals surface area contributed by atoms with Crippen molar-refractivity contribution in [1.82, 2.24) is 0 Å². The lowest BCUT2D eigenvalue weighted by molar-refractivity contribution is 0.115. The highest BCUT2D eigenvalue weighted by Gasteiger charge is 2.46. The minimum atomic E-state index is -2.71. The van der Waals surface area contributed by atoms with Crippen LogP contribution in [0, 0.1) is 0 Å². The SMILES string of the molecule is C=Cc1ccccc1NC(CC)[Si](OC)(OC)OC. The van der Waals surface area contributed by atoms with Crippen LogP contribution in [0.1, 0.15) is 18.9 Å². The lowest BCUT2D eigenvalue weighted by Gasteiger charge is -2.33. The summed E-state index contributed by atoms with van der Waals surface area (Å²) in [5.41, 5.74) is 2.05. The van der Waals surface area contributed by atoms with E-state index in [9.17, 15) is 0 Å². The van der Waals surface area contributed by atoms with Gasteiger partial charge < -0.3 is 18.6 Å². The van der Waals surface area contributed by atoms with Crippen LogP contribution in [0.2, 0.25) is 0 Å². The number of anilines is 1. The summed E-state index contributed by atoms with van der Waals surface area (Å²) in [5.74, 6) is 0. The largest absolute Gasteiger partial charge is 0.523 e. The van der Waals surface area contributed by atoms with Crippen molar-refractivity contribution in [3.8, 4) is 0 Å². The molecule has 0 bridgehead atoms. The van der Waals surface area contributed by atoms with E-state index in [0.717, 1.165) is 17.7 Å². The molecule has 0 aliphatic rings. The molecule has 1 rings (SSSR count). The van der Waals surface area contributed by atoms with Crippen LogP contribution in [-0.4, -0.2) is 35.8 Å². The van der Waals surface area contributed by atoms with Crippen molar-refractivity contribution in [2.75, 3.05) is 26.6 Å². The Morgan fingerprint density at radius 1 is 1.21 bits per heavy atom. The zero-order valence-corrected chi connectivity index (χ0v) is 13.1. The summed E-state index contributed by atoms with van der Waals surface area (Å²) >= 11 is 0. The molecule has 1 atom stereocenters. The summed E-state index contributed by atoms with van der Waals surface area (Å²) in [6.45, 7) is 5.90. The van der Waals surface area contributed by atoms with Crippen LogP contribution in [0.25, 0.3) is 6.08 Å². The van der Waals surface area contributed by atoms with Gasteiger partial charge in [-0.2, -0.15) is 0 Å². The van der Waals surface area contributed by atoms with Crippen molar-refractivity contribution >= 4 is 20.6 Å². The van der Waals surface area contributed by atoms with Gasteiger partial charge in [-0.25, -0.2) is 0 Å². The third-order valence-electron chi connectivity index (χ3n) is 3.20. The molecule has 0 aliphatic carbocycles. The van der Waals surface area contributed by atoms with Crippen molar-refractivity contribution in [2.24, 2.45) is 0 Å². The molecule has 0 aromatic heterocycles. The number of para-hydroxylation sites is 1. The van der Waals surface area contributed by atoms with Crippen LogP contribution in [0.4, 0.5) is 5.69 Å². The van der Waals surface area contributed by atoms with Crippen molar-refractivity contribution < 1.29 is 13.3 Å². The summed E-state index contributed by atoms with van der Waals surface area (Å²) in [6, 6.07) is 7.99. The Bertz CT molecular complexity index is 399. The highest BCUT2D eigenvalue weighted by Crippen LogP contribution is 2.23. The van der Waals surface area contributed by atoms with Gasteiger partial charge in [-0.1, -0.05) is 37.8 Å². The molecule has 0 spiro atoms. The van der Waals surface area contributed by atoms with Crippen LogP contribution in [-0.2, 0) is 13.3 Å². The van der Waals surface area contributed by atoms with E-state index in [1.165, 1.54) is 0 Å². The molecule has 19 heavy (non-hydrogen) atoms. The van der Waals surface area contributed by atoms with Gasteiger partial charge >= 0.3 is 8.80 Å². The highest BCUT2D eigenvalue weighted by atomic mass is 28.4. The Hall–Kier alpha value is -1.14. The zero-order chi connectivity index (χ0) is 14.3. The number of hydrogen-bond acceptors (Lipinski definition) is 4. The second-order valence-electron chi connectivity index (χ2n) is 4.11. The zero-order valence-electron chi connectivity index (χ0n) is 12.1. The van der Waals surface area contributed by atoms with E-state index in [0.29, 0.717) is 0 Å². The predicted molar refractivity (Wildman–Crippen MR) is 81.0 cm³/mol. The van der Waals surface area contributed by atoms with E-state index in [1.807, 2.05) is 30.3 Å². The summed E-state index contributed by atoms with van der Waals surface area (Å²) < 4.78 is 16.6. The molecular weight excluding hydrogens is 258 g/mol. The molecule has 1 aromatic carbocycles. The Morgan fingerprint density at radius 2 is 1.79 bits per heavy atom. The maximum absolute atomic E-state index is 5.54. The maximum Gasteiger partial charge on any atom is 0.523 e. The van der Waals surface area contributed by atoms with Crippen molar-refractivity contribution in [1.29, 1.82) is 0 Å². The standard InChI is InChI=1S/C14H23NO3Si/c1-6-12-10-8-9-11-13(12)15-14(7-2)19(16-3,17-4)18-5/h6,8-11,14-15H,1,7H2,2-5H3. The average Bonchev–Trinajstić information content (AvgIpc) is 2.48. The first-order valence-corrected chi connectivity index (χ1v) is 8.11. The number of rotatable bonds is 8. The van der Waals surface area contributed by atoms with Crippen molar-refractivity contribution in [2.45, 2.75) is 19.0 Å². The first kappa shape index (κ1) is 15.9. The van der Waals surface area contributed by atoms with Crippen molar-refractivity contribution in [3.05, 3.63) is 36.4 Å². The van der Waals surface area contributed by atoms with Gasteiger partial charge in [0.25, 0.3) is 0 Å². The minimum absolute atomic E-state index is 0.00593. The van der Waals surface area contributed by atoms with Gasteiger partial charge in [0.1, 0.15) is 0 Å². The van der Waals surface area contributed by atoms with Crippen LogP contribution < -0.4 is 5.32 Å². The second-order valence-corrected chi connectivity index (χ2v) is 7.24. The van der Waals surface area contributed by atoms with Crippen LogP contribution in [0.5, 0.6) is 0 Å². The first-order chi connectivity index (χ1) is 9.17. The third kappa shape index (κ3) is 3.45. The molecule has 5 heteroatoms. The molecule has 0 heterocycles. The maximum atomic E-state index is 5.54. The van der Waals surface area contributed by atoms with Gasteiger partial charge in [0, 0.05) is 27.0 Å². The first-order valence-electron chi connectivity index (χ1n) is 6.30. The molecule has 0 saturated carbocycles. The van der Waals surface area contributed by atoms with Gasteiger partial charge in [-0.05, 0) is 18.1 Å². The van der Waals surface area contributed by atoms with E-state index in [4.69, 9.17) is 13.3 Å². The fraction of sp³-hybridized carbons (Fsp3) is 0.429. The highest BCUT2D eigenvalue weighted by molar-refractivity contribution is 6.63. The number of hydrogen-bond donors (Lipinski definition) is 1. The molecule has 0 amide bonds. The Morgan fingerprint density at radius 3 is 2.26 bits per heavy atom. The third-order valence-corrected chi connectivity index (χ3v) is 6.31. The molecule has 0 saturated heterocycles. The molecule has 0 aliphatic heterocycles. The molecule has 1 N–H and O–H groups in total. The quantitative estimate of drug-likeness (QED) is 0.744. The fourth-order valence-electron chi connectivity index (χ4n) is 2.11. The average molecular weight is 281 g/mol. The van der Waals surface area contributed by atoms with Crippen molar-refractivity contribution in [3.63, 3.8) is 0 Å². The van der Waals surface area contributed by atoms with E-state index in [-0.39, 0.29) is 5.67 Å². The van der Waals surface area contributed by atoms with Gasteiger partial charge in [-0.15, -0.1) is 0 Å². The van der Waals surface area contributed by atoms with Gasteiger partial charge in [0.2, 0.25) is 0 Å². The van der Waals surface area contributed by atoms with Crippen LogP contribution in [0.15, 0.2) is 30.8 Å². The summed E-state index contributed by atoms with van der Waals surface area (Å²) in [6.07, 6.45) is 2.66. The Labute approximate surface area is 116 Å². The molecule has 106 valence electrons. The van der Waals surface area contributed by atoms with Crippen LogP contribution >= 0.6 is 0 Å². The minimum Gasteiger partial charge on any atom is -0.377 e. The summed E-state index contributed by atoms with van der Waals surface area (Å²) in [5, 5.41) is 3.46. The molecule has 4 nitrogen and oxygen atoms in total. The molecule has 0 radical (unpaired) electrons. The topological polar surface area (TPSA) is 39.7 Å². The molecule has 1 unspecified atom stereocenters. The summed E-state index contributed by atoms with van der Waals surface area (Å²) in [4.78, 5) is 0. The summed E-state index contributed by atoms with van der Waals surface area (Å²) in [7, 11) is 2.17. The molecular formula is C14H23NO3Si.